The first-order chi connectivity index (χ1) is 14.2. The third kappa shape index (κ3) is 3.65. The van der Waals surface area contributed by atoms with Crippen LogP contribution in [0.15, 0.2) is 95.2 Å². The van der Waals surface area contributed by atoms with Gasteiger partial charge in [0.25, 0.3) is 0 Å². The molecule has 0 fully saturated rings. The lowest BCUT2D eigenvalue weighted by Gasteiger charge is -2.18. The average Bonchev–Trinajstić information content (AvgIpc) is 2.74. The molecular formula is C25H20O4. The van der Waals surface area contributed by atoms with Crippen LogP contribution < -0.4 is 14.9 Å². The van der Waals surface area contributed by atoms with Crippen LogP contribution in [-0.2, 0) is 0 Å². The Hall–Kier alpha value is -3.79. The average molecular weight is 384 g/mol. The number of hydrogen-bond donors (Lipinski definition) is 0. The Balaban J connectivity index is 2.02. The van der Waals surface area contributed by atoms with E-state index in [1.807, 2.05) is 42.5 Å². The normalized spacial score (nSPS) is 10.8. The Bertz CT molecular complexity index is 1220. The van der Waals surface area contributed by atoms with Gasteiger partial charge in [-0.15, -0.1) is 0 Å². The largest absolute Gasteiger partial charge is 0.489 e. The smallest absolute Gasteiger partial charge is 0.182 e. The molecule has 0 N–H and O–H groups in total. The molecule has 4 heteroatoms. The second-order valence-corrected chi connectivity index (χ2v) is 6.49. The molecule has 0 saturated carbocycles. The highest BCUT2D eigenvalue weighted by molar-refractivity contribution is 6.03. The molecule has 0 saturated heterocycles. The quantitative estimate of drug-likeness (QED) is 0.303. The second-order valence-electron chi connectivity index (χ2n) is 6.49. The molecule has 2 aromatic carbocycles. The first-order valence-corrected chi connectivity index (χ1v) is 9.28. The lowest BCUT2D eigenvalue weighted by molar-refractivity contribution is 0.363. The number of rotatable bonds is 7. The van der Waals surface area contributed by atoms with Gasteiger partial charge in [0.05, 0.1) is 0 Å². The molecule has 0 bridgehead atoms. The van der Waals surface area contributed by atoms with Crippen LogP contribution in [0.2, 0.25) is 0 Å². The summed E-state index contributed by atoms with van der Waals surface area (Å²) < 4.78 is 17.6. The lowest BCUT2D eigenvalue weighted by atomic mass is 9.93. The zero-order valence-electron chi connectivity index (χ0n) is 15.9. The van der Waals surface area contributed by atoms with Gasteiger partial charge in [0.1, 0.15) is 36.1 Å². The summed E-state index contributed by atoms with van der Waals surface area (Å²) in [7, 11) is 0. The van der Waals surface area contributed by atoms with Gasteiger partial charge in [-0.25, -0.2) is 0 Å². The van der Waals surface area contributed by atoms with Gasteiger partial charge in [-0.3, -0.25) is 4.79 Å². The molecule has 1 aliphatic heterocycles. The Morgan fingerprint density at radius 2 is 1.66 bits per heavy atom. The van der Waals surface area contributed by atoms with Crippen molar-refractivity contribution in [2.45, 2.75) is 0 Å². The topological polar surface area (TPSA) is 48.7 Å². The van der Waals surface area contributed by atoms with Crippen molar-refractivity contribution >= 4 is 11.0 Å². The Kier molecular flexibility index (Phi) is 5.16. The van der Waals surface area contributed by atoms with Gasteiger partial charge in [0.2, 0.25) is 0 Å². The summed E-state index contributed by atoms with van der Waals surface area (Å²) in [5, 5.41) is 0.900. The molecule has 0 spiro atoms. The number of ether oxygens (including phenoxy) is 2. The van der Waals surface area contributed by atoms with Gasteiger partial charge < -0.3 is 13.9 Å². The van der Waals surface area contributed by atoms with Crippen LogP contribution in [-0.4, -0.2) is 13.2 Å². The molecule has 0 radical (unpaired) electrons. The highest BCUT2D eigenvalue weighted by Gasteiger charge is 2.20. The molecule has 1 heterocycles. The van der Waals surface area contributed by atoms with Crippen molar-refractivity contribution < 1.29 is 13.9 Å². The van der Waals surface area contributed by atoms with Crippen molar-refractivity contribution in [3.05, 3.63) is 96.2 Å². The van der Waals surface area contributed by atoms with E-state index in [4.69, 9.17) is 13.9 Å². The van der Waals surface area contributed by atoms with Gasteiger partial charge in [0.15, 0.2) is 5.43 Å². The first kappa shape index (κ1) is 18.6. The second kappa shape index (κ2) is 8.07. The molecule has 0 unspecified atom stereocenters. The minimum atomic E-state index is -0.109. The fraction of sp³-hybridized carbons (Fsp3) is 0.0800. The van der Waals surface area contributed by atoms with E-state index in [0.29, 0.717) is 30.3 Å². The van der Waals surface area contributed by atoms with E-state index in [9.17, 15) is 4.79 Å². The van der Waals surface area contributed by atoms with Gasteiger partial charge in [-0.1, -0.05) is 43.5 Å². The van der Waals surface area contributed by atoms with Crippen molar-refractivity contribution in [1.82, 2.24) is 0 Å². The summed E-state index contributed by atoms with van der Waals surface area (Å²) in [5.41, 5.74) is 3.21. The SMILES string of the molecule is C=CCOc1ccc2c(-c3ccccc3OCC=C)c3ccc(=O)cc-3oc2c1. The van der Waals surface area contributed by atoms with E-state index in [1.165, 1.54) is 6.07 Å². The van der Waals surface area contributed by atoms with Crippen LogP contribution in [0.3, 0.4) is 0 Å². The molecular weight excluding hydrogens is 364 g/mol. The highest BCUT2D eigenvalue weighted by Crippen LogP contribution is 2.43. The fourth-order valence-electron chi connectivity index (χ4n) is 3.33. The summed E-state index contributed by atoms with van der Waals surface area (Å²) in [6.45, 7) is 8.19. The van der Waals surface area contributed by atoms with Crippen LogP contribution in [0.4, 0.5) is 0 Å². The van der Waals surface area contributed by atoms with Gasteiger partial charge in [0, 0.05) is 34.2 Å². The number of benzene rings is 3. The third-order valence-corrected chi connectivity index (χ3v) is 4.55. The monoisotopic (exact) mass is 384 g/mol. The van der Waals surface area contributed by atoms with Gasteiger partial charge in [-0.2, -0.15) is 0 Å². The maximum absolute atomic E-state index is 12.0. The number of hydrogen-bond acceptors (Lipinski definition) is 4. The van der Waals surface area contributed by atoms with Crippen molar-refractivity contribution in [1.29, 1.82) is 0 Å². The van der Waals surface area contributed by atoms with Gasteiger partial charge in [-0.05, 0) is 30.3 Å². The van der Waals surface area contributed by atoms with Crippen LogP contribution in [0, 0.1) is 0 Å². The summed E-state index contributed by atoms with van der Waals surface area (Å²) >= 11 is 0. The minimum absolute atomic E-state index is 0.109. The maximum atomic E-state index is 12.0. The third-order valence-electron chi connectivity index (χ3n) is 4.55. The molecule has 2 aliphatic rings. The van der Waals surface area contributed by atoms with Crippen molar-refractivity contribution in [3.63, 3.8) is 0 Å². The van der Waals surface area contributed by atoms with E-state index in [-0.39, 0.29) is 5.43 Å². The van der Waals surface area contributed by atoms with E-state index in [2.05, 4.69) is 13.2 Å². The first-order valence-electron chi connectivity index (χ1n) is 9.28. The molecule has 2 aromatic rings. The summed E-state index contributed by atoms with van der Waals surface area (Å²) in [6, 6.07) is 18.3. The van der Waals surface area contributed by atoms with Crippen LogP contribution >= 0.6 is 0 Å². The predicted molar refractivity (Wildman–Crippen MR) is 116 cm³/mol. The molecule has 144 valence electrons. The maximum Gasteiger partial charge on any atom is 0.182 e. The zero-order chi connectivity index (χ0) is 20.2. The van der Waals surface area contributed by atoms with Crippen molar-refractivity contribution in [2.24, 2.45) is 0 Å². The number of fused-ring (bicyclic) bond motifs is 2. The molecule has 4 nitrogen and oxygen atoms in total. The van der Waals surface area contributed by atoms with E-state index in [0.717, 1.165) is 27.8 Å². The molecule has 0 amide bonds. The molecule has 0 aromatic heterocycles. The molecule has 4 rings (SSSR count). The Labute approximate surface area is 168 Å². The van der Waals surface area contributed by atoms with Crippen molar-refractivity contribution in [2.75, 3.05) is 13.2 Å². The van der Waals surface area contributed by atoms with E-state index in [1.54, 1.807) is 24.3 Å². The van der Waals surface area contributed by atoms with Gasteiger partial charge >= 0.3 is 0 Å². The summed E-state index contributed by atoms with van der Waals surface area (Å²) in [6.07, 6.45) is 3.39. The molecule has 0 atom stereocenters. The number of para-hydroxylation sites is 1. The summed E-state index contributed by atoms with van der Waals surface area (Å²) in [4.78, 5) is 12.0. The van der Waals surface area contributed by atoms with E-state index >= 15 is 0 Å². The molecule has 1 aliphatic carbocycles. The summed E-state index contributed by atoms with van der Waals surface area (Å²) in [5.74, 6) is 1.92. The standard InChI is InChI=1S/C25H20O4/c1-3-13-27-18-10-12-21-24(16-18)29-23-15-17(26)9-11-20(23)25(21)19-7-5-6-8-22(19)28-14-4-2/h3-12,15-16H,1-2,13-14H2. The predicted octanol–water partition coefficient (Wildman–Crippen LogP) is 5.69. The molecule has 29 heavy (non-hydrogen) atoms. The zero-order valence-corrected chi connectivity index (χ0v) is 15.9. The Morgan fingerprint density at radius 3 is 2.48 bits per heavy atom. The Morgan fingerprint density at radius 1 is 0.862 bits per heavy atom. The highest BCUT2D eigenvalue weighted by atomic mass is 16.5. The van der Waals surface area contributed by atoms with Crippen LogP contribution in [0.5, 0.6) is 11.5 Å². The fourth-order valence-corrected chi connectivity index (χ4v) is 3.33. The minimum Gasteiger partial charge on any atom is -0.489 e. The van der Waals surface area contributed by atoms with Crippen LogP contribution in [0.1, 0.15) is 0 Å². The van der Waals surface area contributed by atoms with E-state index < -0.39 is 0 Å². The lowest BCUT2D eigenvalue weighted by Crippen LogP contribution is -2.01. The van der Waals surface area contributed by atoms with Crippen molar-refractivity contribution in [3.8, 4) is 33.9 Å². The van der Waals surface area contributed by atoms with Crippen LogP contribution in [0.25, 0.3) is 33.4 Å².